The zero-order valence-corrected chi connectivity index (χ0v) is 16.1. The highest BCUT2D eigenvalue weighted by atomic mass is 32.2. The minimum Gasteiger partial charge on any atom is -0.504 e. The Labute approximate surface area is 167 Å². The first-order chi connectivity index (χ1) is 13.5. The van der Waals surface area contributed by atoms with Gasteiger partial charge in [-0.2, -0.15) is 11.8 Å². The number of phenolic OH excluding ortho intramolecular Hbond substituents is 2. The molecule has 2 aromatic rings. The van der Waals surface area contributed by atoms with Gasteiger partial charge in [-0.15, -0.1) is 0 Å². The number of nitrogens with one attached hydrogen (secondary N) is 1. The SMILES string of the molecule is O=C(N[C@H]1CSCCN(CC=Cc2ccccc2)C1=O)c1ccc(O)c(O)c1. The molecule has 0 saturated carbocycles. The van der Waals surface area contributed by atoms with Gasteiger partial charge in [0.25, 0.3) is 5.91 Å². The summed E-state index contributed by atoms with van der Waals surface area (Å²) in [4.78, 5) is 27.0. The van der Waals surface area contributed by atoms with E-state index in [9.17, 15) is 19.8 Å². The predicted molar refractivity (Wildman–Crippen MR) is 110 cm³/mol. The smallest absolute Gasteiger partial charge is 0.252 e. The summed E-state index contributed by atoms with van der Waals surface area (Å²) in [5.41, 5.74) is 1.25. The summed E-state index contributed by atoms with van der Waals surface area (Å²) in [6, 6.07) is 13.0. The molecule has 0 unspecified atom stereocenters. The van der Waals surface area contributed by atoms with Gasteiger partial charge in [0.1, 0.15) is 6.04 Å². The number of nitrogens with zero attached hydrogens (tertiary/aromatic N) is 1. The molecule has 0 radical (unpaired) electrons. The van der Waals surface area contributed by atoms with Crippen LogP contribution in [0.4, 0.5) is 0 Å². The number of amides is 2. The van der Waals surface area contributed by atoms with Crippen molar-refractivity contribution >= 4 is 29.7 Å². The van der Waals surface area contributed by atoms with E-state index in [0.717, 1.165) is 11.3 Å². The minimum atomic E-state index is -0.638. The average Bonchev–Trinajstić information content (AvgIpc) is 2.87. The molecule has 2 aromatic carbocycles. The van der Waals surface area contributed by atoms with Gasteiger partial charge in [-0.1, -0.05) is 42.5 Å². The van der Waals surface area contributed by atoms with Crippen molar-refractivity contribution < 1.29 is 19.8 Å². The molecule has 1 heterocycles. The third kappa shape index (κ3) is 5.07. The molecule has 0 aromatic heterocycles. The lowest BCUT2D eigenvalue weighted by molar-refractivity contribution is -0.131. The van der Waals surface area contributed by atoms with Crippen molar-refractivity contribution in [1.29, 1.82) is 0 Å². The Kier molecular flexibility index (Phi) is 6.60. The Bertz CT molecular complexity index is 870. The Morgan fingerprint density at radius 3 is 2.71 bits per heavy atom. The van der Waals surface area contributed by atoms with Crippen LogP contribution in [-0.2, 0) is 4.79 Å². The predicted octanol–water partition coefficient (Wildman–Crippen LogP) is 2.49. The molecule has 1 aliphatic heterocycles. The van der Waals surface area contributed by atoms with Gasteiger partial charge in [0.2, 0.25) is 5.91 Å². The Hall–Kier alpha value is -2.93. The molecule has 6 nitrogen and oxygen atoms in total. The highest BCUT2D eigenvalue weighted by Crippen LogP contribution is 2.25. The molecular formula is C21H22N2O4S. The fourth-order valence-electron chi connectivity index (χ4n) is 2.85. The Balaban J connectivity index is 1.64. The number of hydrogen-bond donors (Lipinski definition) is 3. The van der Waals surface area contributed by atoms with Gasteiger partial charge in [0.15, 0.2) is 11.5 Å². The summed E-state index contributed by atoms with van der Waals surface area (Å²) in [6.45, 7) is 1.09. The fourth-order valence-corrected chi connectivity index (χ4v) is 3.83. The second-order valence-electron chi connectivity index (χ2n) is 6.40. The van der Waals surface area contributed by atoms with Gasteiger partial charge < -0.3 is 20.4 Å². The van der Waals surface area contributed by atoms with Crippen molar-refractivity contribution in [2.45, 2.75) is 6.04 Å². The maximum absolute atomic E-state index is 12.9. The lowest BCUT2D eigenvalue weighted by Crippen LogP contribution is -2.49. The van der Waals surface area contributed by atoms with E-state index < -0.39 is 11.9 Å². The van der Waals surface area contributed by atoms with Gasteiger partial charge in [0, 0.05) is 30.2 Å². The van der Waals surface area contributed by atoms with Crippen molar-refractivity contribution in [3.63, 3.8) is 0 Å². The molecule has 0 aliphatic carbocycles. The first kappa shape index (κ1) is 19.8. The average molecular weight is 398 g/mol. The summed E-state index contributed by atoms with van der Waals surface area (Å²) >= 11 is 1.61. The van der Waals surface area contributed by atoms with Crippen LogP contribution in [0.3, 0.4) is 0 Å². The van der Waals surface area contributed by atoms with Gasteiger partial charge in [-0.05, 0) is 23.8 Å². The fraction of sp³-hybridized carbons (Fsp3) is 0.238. The molecule has 0 spiro atoms. The van der Waals surface area contributed by atoms with Crippen LogP contribution in [0, 0.1) is 0 Å². The van der Waals surface area contributed by atoms with Gasteiger partial charge in [0.05, 0.1) is 0 Å². The minimum absolute atomic E-state index is 0.126. The molecule has 3 rings (SSSR count). The molecule has 7 heteroatoms. The van der Waals surface area contributed by atoms with Crippen LogP contribution in [0.2, 0.25) is 0 Å². The van der Waals surface area contributed by atoms with Crippen LogP contribution in [0.25, 0.3) is 6.08 Å². The highest BCUT2D eigenvalue weighted by molar-refractivity contribution is 7.99. The lowest BCUT2D eigenvalue weighted by atomic mass is 10.1. The number of carbonyl (C=O) groups excluding carboxylic acids is 2. The largest absolute Gasteiger partial charge is 0.504 e. The highest BCUT2D eigenvalue weighted by Gasteiger charge is 2.28. The molecule has 28 heavy (non-hydrogen) atoms. The van der Waals surface area contributed by atoms with Crippen LogP contribution in [-0.4, -0.2) is 57.6 Å². The number of carbonyl (C=O) groups is 2. The van der Waals surface area contributed by atoms with Gasteiger partial charge in [-0.3, -0.25) is 9.59 Å². The summed E-state index contributed by atoms with van der Waals surface area (Å²) < 4.78 is 0. The number of rotatable bonds is 5. The van der Waals surface area contributed by atoms with Crippen LogP contribution in [0.1, 0.15) is 15.9 Å². The number of phenols is 2. The van der Waals surface area contributed by atoms with E-state index in [1.54, 1.807) is 16.7 Å². The first-order valence-electron chi connectivity index (χ1n) is 8.95. The zero-order chi connectivity index (χ0) is 19.9. The normalized spacial score (nSPS) is 17.5. The summed E-state index contributed by atoms with van der Waals surface area (Å²) in [7, 11) is 0. The monoisotopic (exact) mass is 398 g/mol. The van der Waals surface area contributed by atoms with E-state index in [1.807, 2.05) is 42.5 Å². The molecular weight excluding hydrogens is 376 g/mol. The van der Waals surface area contributed by atoms with Crippen molar-refractivity contribution in [2.24, 2.45) is 0 Å². The van der Waals surface area contributed by atoms with Gasteiger partial charge >= 0.3 is 0 Å². The van der Waals surface area contributed by atoms with Crippen LogP contribution >= 0.6 is 11.8 Å². The standard InChI is InChI=1S/C21H22N2O4S/c24-18-9-8-16(13-19(18)25)20(26)22-17-14-28-12-11-23(21(17)27)10-4-7-15-5-2-1-3-6-15/h1-9,13,17,24-25H,10-12,14H2,(H,22,26)/t17-/m0/s1. The van der Waals surface area contributed by atoms with Crippen molar-refractivity contribution in [3.8, 4) is 11.5 Å². The first-order valence-corrected chi connectivity index (χ1v) is 10.1. The molecule has 146 valence electrons. The maximum Gasteiger partial charge on any atom is 0.252 e. The van der Waals surface area contributed by atoms with Crippen molar-refractivity contribution in [1.82, 2.24) is 10.2 Å². The van der Waals surface area contributed by atoms with E-state index in [0.29, 0.717) is 18.8 Å². The summed E-state index contributed by atoms with van der Waals surface area (Å²) in [6.07, 6.45) is 3.91. The Morgan fingerprint density at radius 1 is 1.18 bits per heavy atom. The summed E-state index contributed by atoms with van der Waals surface area (Å²) in [5.74, 6) is 0.0380. The van der Waals surface area contributed by atoms with E-state index in [-0.39, 0.29) is 23.0 Å². The third-order valence-corrected chi connectivity index (χ3v) is 5.42. The van der Waals surface area contributed by atoms with Crippen molar-refractivity contribution in [3.05, 3.63) is 65.7 Å². The molecule has 0 bridgehead atoms. The second-order valence-corrected chi connectivity index (χ2v) is 7.55. The number of aromatic hydroxyl groups is 2. The van der Waals surface area contributed by atoms with E-state index in [4.69, 9.17) is 0 Å². The Morgan fingerprint density at radius 2 is 1.96 bits per heavy atom. The maximum atomic E-state index is 12.9. The molecule has 1 saturated heterocycles. The number of benzene rings is 2. The molecule has 1 fully saturated rings. The quantitative estimate of drug-likeness (QED) is 0.674. The van der Waals surface area contributed by atoms with Crippen LogP contribution in [0.5, 0.6) is 11.5 Å². The third-order valence-electron chi connectivity index (χ3n) is 4.38. The zero-order valence-electron chi connectivity index (χ0n) is 15.2. The molecule has 2 amide bonds. The van der Waals surface area contributed by atoms with Gasteiger partial charge in [-0.25, -0.2) is 0 Å². The number of thioether (sulfide) groups is 1. The summed E-state index contributed by atoms with van der Waals surface area (Å²) in [5, 5.41) is 21.7. The van der Waals surface area contributed by atoms with Crippen LogP contribution < -0.4 is 5.32 Å². The molecule has 1 aliphatic rings. The van der Waals surface area contributed by atoms with E-state index in [2.05, 4.69) is 5.32 Å². The lowest BCUT2D eigenvalue weighted by Gasteiger charge is -2.23. The molecule has 1 atom stereocenters. The van der Waals surface area contributed by atoms with E-state index in [1.165, 1.54) is 18.2 Å². The second kappa shape index (κ2) is 9.32. The molecule has 3 N–H and O–H groups in total. The number of hydrogen-bond acceptors (Lipinski definition) is 5. The topological polar surface area (TPSA) is 89.9 Å². The van der Waals surface area contributed by atoms with Crippen molar-refractivity contribution in [2.75, 3.05) is 24.6 Å². The van der Waals surface area contributed by atoms with E-state index >= 15 is 0 Å². The van der Waals surface area contributed by atoms with Crippen LogP contribution in [0.15, 0.2) is 54.6 Å².